The van der Waals surface area contributed by atoms with E-state index in [-0.39, 0.29) is 18.2 Å². The fourth-order valence-electron chi connectivity index (χ4n) is 2.44. The standard InChI is InChI=1S/C17H10F10N2O2/c18-12-8(2-1-3-9(12)28)13(30)29-10-5-4-7(6-11(10)31-14(19)20)15(21,16(22,23)24)17(25,26)27/h1-6,14H,28H2,(H,29,30). The first-order chi connectivity index (χ1) is 14.1. The normalized spacial score (nSPS) is 12.7. The van der Waals surface area contributed by atoms with Crippen LogP contribution in [-0.4, -0.2) is 24.9 Å². The summed E-state index contributed by atoms with van der Waals surface area (Å²) in [5, 5.41) is 1.78. The summed E-state index contributed by atoms with van der Waals surface area (Å²) in [5.74, 6) is -4.01. The van der Waals surface area contributed by atoms with Gasteiger partial charge in [-0.25, -0.2) is 8.78 Å². The van der Waals surface area contributed by atoms with Gasteiger partial charge in [-0.3, -0.25) is 4.79 Å². The largest absolute Gasteiger partial charge is 0.435 e. The lowest BCUT2D eigenvalue weighted by molar-refractivity contribution is -0.348. The zero-order valence-corrected chi connectivity index (χ0v) is 14.7. The second kappa shape index (κ2) is 8.15. The molecular weight excluding hydrogens is 454 g/mol. The molecule has 2 aromatic rings. The van der Waals surface area contributed by atoms with Gasteiger partial charge in [-0.1, -0.05) is 12.1 Å². The van der Waals surface area contributed by atoms with Gasteiger partial charge in [0.05, 0.1) is 16.9 Å². The molecule has 0 atom stereocenters. The molecule has 4 nitrogen and oxygen atoms in total. The molecule has 0 spiro atoms. The minimum atomic E-state index is -6.51. The monoisotopic (exact) mass is 464 g/mol. The van der Waals surface area contributed by atoms with Crippen LogP contribution in [0.3, 0.4) is 0 Å². The predicted molar refractivity (Wildman–Crippen MR) is 86.7 cm³/mol. The van der Waals surface area contributed by atoms with E-state index in [0.717, 1.165) is 18.2 Å². The van der Waals surface area contributed by atoms with Crippen molar-refractivity contribution >= 4 is 17.3 Å². The van der Waals surface area contributed by atoms with Crippen molar-refractivity contribution < 1.29 is 53.4 Å². The number of nitrogens with one attached hydrogen (secondary N) is 1. The Labute approximate surface area is 166 Å². The number of carbonyl (C=O) groups is 1. The topological polar surface area (TPSA) is 64.4 Å². The first-order valence-corrected chi connectivity index (χ1v) is 7.86. The summed E-state index contributed by atoms with van der Waals surface area (Å²) in [6.07, 6.45) is -13.0. The van der Waals surface area contributed by atoms with E-state index in [2.05, 4.69) is 4.74 Å². The van der Waals surface area contributed by atoms with Gasteiger partial charge in [0, 0.05) is 5.56 Å². The second-order valence-corrected chi connectivity index (χ2v) is 5.91. The third-order valence-corrected chi connectivity index (χ3v) is 3.90. The summed E-state index contributed by atoms with van der Waals surface area (Å²) in [4.78, 5) is 12.1. The molecule has 0 saturated carbocycles. The number of amides is 1. The molecule has 1 amide bonds. The first kappa shape index (κ1) is 24.1. The Bertz CT molecular complexity index is 958. The molecule has 0 heterocycles. The SMILES string of the molecule is Nc1cccc(C(=O)Nc2ccc(C(F)(C(F)(F)F)C(F)(F)F)cc2OC(F)F)c1F. The van der Waals surface area contributed by atoms with Crippen LogP contribution in [-0.2, 0) is 5.67 Å². The Morgan fingerprint density at radius 1 is 0.968 bits per heavy atom. The summed E-state index contributed by atoms with van der Waals surface area (Å²) in [5.41, 5.74) is -4.89. The predicted octanol–water partition coefficient (Wildman–Crippen LogP) is 5.55. The van der Waals surface area contributed by atoms with E-state index in [1.54, 1.807) is 5.32 Å². The van der Waals surface area contributed by atoms with Crippen LogP contribution >= 0.6 is 0 Å². The number of carbonyl (C=O) groups excluding carboxylic acids is 1. The van der Waals surface area contributed by atoms with Gasteiger partial charge in [0.25, 0.3) is 5.91 Å². The van der Waals surface area contributed by atoms with E-state index in [0.29, 0.717) is 0 Å². The molecule has 0 radical (unpaired) electrons. The number of anilines is 2. The molecule has 0 aliphatic heterocycles. The maximum absolute atomic E-state index is 14.2. The number of hydrogen-bond donors (Lipinski definition) is 2. The van der Waals surface area contributed by atoms with E-state index >= 15 is 0 Å². The number of nitrogen functional groups attached to an aromatic ring is 1. The van der Waals surface area contributed by atoms with Crippen molar-refractivity contribution in [1.82, 2.24) is 0 Å². The van der Waals surface area contributed by atoms with Gasteiger partial charge in [-0.2, -0.15) is 35.1 Å². The molecule has 0 unspecified atom stereocenters. The minimum absolute atomic E-state index is 0.0371. The highest BCUT2D eigenvalue weighted by Gasteiger charge is 2.73. The Hall–Kier alpha value is -3.19. The Morgan fingerprint density at radius 2 is 1.55 bits per heavy atom. The number of benzene rings is 2. The maximum Gasteiger partial charge on any atom is 0.435 e. The van der Waals surface area contributed by atoms with Crippen molar-refractivity contribution in [2.24, 2.45) is 0 Å². The Balaban J connectivity index is 2.56. The van der Waals surface area contributed by atoms with Crippen LogP contribution < -0.4 is 15.8 Å². The molecule has 0 fully saturated rings. The molecule has 170 valence electrons. The summed E-state index contributed by atoms with van der Waals surface area (Å²) >= 11 is 0. The quantitative estimate of drug-likeness (QED) is 0.451. The van der Waals surface area contributed by atoms with Gasteiger partial charge in [0.2, 0.25) is 0 Å². The van der Waals surface area contributed by atoms with Gasteiger partial charge in [0.1, 0.15) is 5.75 Å². The van der Waals surface area contributed by atoms with Crippen LogP contribution in [0.25, 0.3) is 0 Å². The van der Waals surface area contributed by atoms with Crippen molar-refractivity contribution in [1.29, 1.82) is 0 Å². The number of hydrogen-bond acceptors (Lipinski definition) is 3. The highest BCUT2D eigenvalue weighted by Crippen LogP contribution is 2.54. The molecule has 2 rings (SSSR count). The van der Waals surface area contributed by atoms with E-state index in [1.165, 1.54) is 0 Å². The number of rotatable bonds is 5. The molecule has 2 aromatic carbocycles. The van der Waals surface area contributed by atoms with Crippen molar-refractivity contribution in [2.45, 2.75) is 24.6 Å². The van der Waals surface area contributed by atoms with Crippen molar-refractivity contribution in [3.63, 3.8) is 0 Å². The van der Waals surface area contributed by atoms with Crippen LogP contribution in [0.1, 0.15) is 15.9 Å². The number of alkyl halides is 9. The van der Waals surface area contributed by atoms with E-state index in [9.17, 15) is 48.7 Å². The zero-order chi connectivity index (χ0) is 23.8. The van der Waals surface area contributed by atoms with Crippen molar-refractivity contribution in [2.75, 3.05) is 11.1 Å². The Morgan fingerprint density at radius 3 is 2.06 bits per heavy atom. The van der Waals surface area contributed by atoms with Crippen molar-refractivity contribution in [3.8, 4) is 5.75 Å². The van der Waals surface area contributed by atoms with Gasteiger partial charge >= 0.3 is 24.6 Å². The molecule has 0 aliphatic carbocycles. The third-order valence-electron chi connectivity index (χ3n) is 3.90. The molecule has 0 saturated heterocycles. The van der Waals surface area contributed by atoms with Gasteiger partial charge in [-0.15, -0.1) is 0 Å². The lowest BCUT2D eigenvalue weighted by Gasteiger charge is -2.30. The summed E-state index contributed by atoms with van der Waals surface area (Å²) in [6, 6.07) is 3.05. The lowest BCUT2D eigenvalue weighted by Crippen LogP contribution is -2.50. The first-order valence-electron chi connectivity index (χ1n) is 7.86. The van der Waals surface area contributed by atoms with Crippen LogP contribution in [0.4, 0.5) is 55.3 Å². The molecule has 0 bridgehead atoms. The fourth-order valence-corrected chi connectivity index (χ4v) is 2.44. The summed E-state index contributed by atoms with van der Waals surface area (Å²) in [7, 11) is 0. The molecule has 3 N–H and O–H groups in total. The lowest BCUT2D eigenvalue weighted by atomic mass is 9.93. The number of halogens is 10. The summed E-state index contributed by atoms with van der Waals surface area (Å²) < 4.78 is 134. The van der Waals surface area contributed by atoms with E-state index < -0.39 is 64.6 Å². The van der Waals surface area contributed by atoms with Gasteiger partial charge in [-0.05, 0) is 24.3 Å². The third kappa shape index (κ3) is 4.61. The van der Waals surface area contributed by atoms with E-state index in [4.69, 9.17) is 5.73 Å². The Kier molecular flexibility index (Phi) is 6.33. The fraction of sp³-hybridized carbons (Fsp3) is 0.235. The van der Waals surface area contributed by atoms with E-state index in [1.807, 2.05) is 0 Å². The maximum atomic E-state index is 14.2. The average molecular weight is 464 g/mol. The molecule has 31 heavy (non-hydrogen) atoms. The smallest absolute Gasteiger partial charge is 0.433 e. The van der Waals surface area contributed by atoms with Gasteiger partial charge < -0.3 is 15.8 Å². The highest BCUT2D eigenvalue weighted by atomic mass is 19.4. The summed E-state index contributed by atoms with van der Waals surface area (Å²) in [6.45, 7) is -3.78. The highest BCUT2D eigenvalue weighted by molar-refractivity contribution is 6.05. The molecule has 0 aromatic heterocycles. The van der Waals surface area contributed by atoms with Crippen LogP contribution in [0.15, 0.2) is 36.4 Å². The minimum Gasteiger partial charge on any atom is -0.433 e. The van der Waals surface area contributed by atoms with Gasteiger partial charge in [0.15, 0.2) is 5.82 Å². The van der Waals surface area contributed by atoms with Crippen LogP contribution in [0.2, 0.25) is 0 Å². The van der Waals surface area contributed by atoms with Crippen molar-refractivity contribution in [3.05, 3.63) is 53.3 Å². The number of ether oxygens (including phenoxy) is 1. The second-order valence-electron chi connectivity index (χ2n) is 5.91. The van der Waals surface area contributed by atoms with Crippen LogP contribution in [0.5, 0.6) is 5.75 Å². The molecule has 14 heteroatoms. The van der Waals surface area contributed by atoms with Crippen LogP contribution in [0, 0.1) is 5.82 Å². The molecular formula is C17H10F10N2O2. The molecule has 0 aliphatic rings. The average Bonchev–Trinajstić information content (AvgIpc) is 2.62. The zero-order valence-electron chi connectivity index (χ0n) is 14.7. The number of nitrogens with two attached hydrogens (primary N) is 1.